The third-order valence-electron chi connectivity index (χ3n) is 9.70. The summed E-state index contributed by atoms with van der Waals surface area (Å²) in [6.45, 7) is 11.6. The zero-order valence-electron chi connectivity index (χ0n) is 30.7. The van der Waals surface area contributed by atoms with Crippen LogP contribution in [-0.2, 0) is 13.1 Å². The van der Waals surface area contributed by atoms with Crippen molar-refractivity contribution in [2.24, 2.45) is 0 Å². The normalized spacial score (nSPS) is 15.2. The summed E-state index contributed by atoms with van der Waals surface area (Å²) in [5.74, 6) is 1.89. The maximum atomic E-state index is 6.58. The quantitative estimate of drug-likeness (QED) is 0.0727. The van der Waals surface area contributed by atoms with Crippen LogP contribution in [0.2, 0.25) is 0 Å². The summed E-state index contributed by atoms with van der Waals surface area (Å²) in [6.07, 6.45) is 30.8. The molecule has 1 aliphatic heterocycles. The number of aromatic nitrogens is 1. The molecule has 2 rings (SSSR count). The molecule has 0 radical (unpaired) electrons. The number of quaternary nitrogens is 2. The van der Waals surface area contributed by atoms with Crippen LogP contribution in [0, 0.1) is 0 Å². The van der Waals surface area contributed by atoms with Gasteiger partial charge < -0.3 is 18.4 Å². The SMILES string of the molecule is CCCCCCCCCCCC[N+](C)(C)Cc1cnc(C[N+](C)(C)CCCCCCCCCCCC)c2c1OCC(CC)O2. The molecule has 0 saturated carbocycles. The number of pyridine rings is 1. The van der Waals surface area contributed by atoms with Gasteiger partial charge in [-0.1, -0.05) is 124 Å². The van der Waals surface area contributed by atoms with Crippen LogP contribution in [0.4, 0.5) is 0 Å². The standard InChI is InChI=1S/C39H75N3O2/c1-8-11-13-15-17-19-21-23-25-27-29-41(4,5)32-35-31-40-37(39-38(35)43-34-36(10-3)44-39)33-42(6,7)30-28-26-24-22-20-18-16-14-12-9-2/h31,36H,8-30,32-34H2,1-7H3/q+2. The first-order valence-corrected chi connectivity index (χ1v) is 19.2. The van der Waals surface area contributed by atoms with Gasteiger partial charge in [0.2, 0.25) is 0 Å². The van der Waals surface area contributed by atoms with Crippen LogP contribution >= 0.6 is 0 Å². The second kappa shape index (κ2) is 22.2. The second-order valence-corrected chi connectivity index (χ2v) is 15.3. The van der Waals surface area contributed by atoms with Gasteiger partial charge in [-0.2, -0.15) is 0 Å². The molecule has 1 aliphatic rings. The molecule has 1 atom stereocenters. The van der Waals surface area contributed by atoms with E-state index in [2.05, 4.69) is 55.2 Å². The predicted molar refractivity (Wildman–Crippen MR) is 189 cm³/mol. The number of hydrogen-bond donors (Lipinski definition) is 0. The Kier molecular flexibility index (Phi) is 19.6. The number of unbranched alkanes of at least 4 members (excludes halogenated alkanes) is 18. The van der Waals surface area contributed by atoms with Gasteiger partial charge in [0.25, 0.3) is 0 Å². The van der Waals surface area contributed by atoms with Crippen molar-refractivity contribution < 1.29 is 18.4 Å². The van der Waals surface area contributed by atoms with Gasteiger partial charge in [0, 0.05) is 6.20 Å². The highest BCUT2D eigenvalue weighted by atomic mass is 16.6. The van der Waals surface area contributed by atoms with E-state index in [-0.39, 0.29) is 6.10 Å². The Morgan fingerprint density at radius 2 is 1.02 bits per heavy atom. The minimum Gasteiger partial charge on any atom is -0.485 e. The van der Waals surface area contributed by atoms with Crippen molar-refractivity contribution in [3.05, 3.63) is 17.5 Å². The lowest BCUT2D eigenvalue weighted by atomic mass is 10.1. The molecule has 0 amide bonds. The van der Waals surface area contributed by atoms with Crippen molar-refractivity contribution in [3.8, 4) is 11.5 Å². The first-order chi connectivity index (χ1) is 21.2. The number of hydrogen-bond acceptors (Lipinski definition) is 3. The molecule has 256 valence electrons. The minimum atomic E-state index is 0.116. The summed E-state index contributed by atoms with van der Waals surface area (Å²) in [4.78, 5) is 5.06. The smallest absolute Gasteiger partial charge is 0.189 e. The molecule has 1 aromatic heterocycles. The van der Waals surface area contributed by atoms with Gasteiger partial charge in [0.15, 0.2) is 11.5 Å². The molecule has 5 nitrogen and oxygen atoms in total. The summed E-state index contributed by atoms with van der Waals surface area (Å²) < 4.78 is 14.9. The molecule has 0 N–H and O–H groups in total. The molecule has 0 aliphatic carbocycles. The van der Waals surface area contributed by atoms with E-state index in [1.807, 2.05) is 0 Å². The molecular weight excluding hydrogens is 542 g/mol. The van der Waals surface area contributed by atoms with E-state index in [4.69, 9.17) is 14.5 Å². The van der Waals surface area contributed by atoms with E-state index in [1.54, 1.807) is 0 Å². The van der Waals surface area contributed by atoms with Crippen LogP contribution in [0.1, 0.15) is 167 Å². The summed E-state index contributed by atoms with van der Waals surface area (Å²) in [5.41, 5.74) is 2.27. The average molecular weight is 618 g/mol. The highest BCUT2D eigenvalue weighted by Crippen LogP contribution is 2.40. The largest absolute Gasteiger partial charge is 0.485 e. The van der Waals surface area contributed by atoms with Crippen LogP contribution in [0.5, 0.6) is 11.5 Å². The molecule has 1 aromatic rings. The number of rotatable bonds is 27. The van der Waals surface area contributed by atoms with Gasteiger partial charge in [-0.15, -0.1) is 0 Å². The van der Waals surface area contributed by atoms with Crippen LogP contribution in [0.25, 0.3) is 0 Å². The Morgan fingerprint density at radius 1 is 0.591 bits per heavy atom. The predicted octanol–water partition coefficient (Wildman–Crippen LogP) is 10.6. The highest BCUT2D eigenvalue weighted by molar-refractivity contribution is 5.49. The fourth-order valence-corrected chi connectivity index (χ4v) is 6.71. The van der Waals surface area contributed by atoms with E-state index in [9.17, 15) is 0 Å². The van der Waals surface area contributed by atoms with Gasteiger partial charge in [0.05, 0.1) is 46.8 Å². The lowest BCUT2D eigenvalue weighted by Crippen LogP contribution is -2.41. The number of nitrogens with zero attached hydrogens (tertiary/aromatic N) is 3. The van der Waals surface area contributed by atoms with Crippen LogP contribution in [0.15, 0.2) is 6.20 Å². The van der Waals surface area contributed by atoms with Gasteiger partial charge in [0.1, 0.15) is 31.5 Å². The van der Waals surface area contributed by atoms with Crippen LogP contribution < -0.4 is 9.47 Å². The molecule has 5 heteroatoms. The third-order valence-corrected chi connectivity index (χ3v) is 9.70. The molecule has 2 heterocycles. The maximum Gasteiger partial charge on any atom is 0.189 e. The fourth-order valence-electron chi connectivity index (χ4n) is 6.71. The van der Waals surface area contributed by atoms with Gasteiger partial charge >= 0.3 is 0 Å². The van der Waals surface area contributed by atoms with Gasteiger partial charge in [-0.25, -0.2) is 0 Å². The van der Waals surface area contributed by atoms with E-state index in [0.717, 1.165) is 45.7 Å². The lowest BCUT2D eigenvalue weighted by molar-refractivity contribution is -0.904. The third kappa shape index (κ3) is 16.3. The fraction of sp³-hybridized carbons (Fsp3) is 0.872. The molecule has 0 fully saturated rings. The van der Waals surface area contributed by atoms with E-state index < -0.39 is 0 Å². The van der Waals surface area contributed by atoms with E-state index >= 15 is 0 Å². The number of fused-ring (bicyclic) bond motifs is 1. The minimum absolute atomic E-state index is 0.116. The zero-order valence-corrected chi connectivity index (χ0v) is 30.7. The molecule has 0 aromatic carbocycles. The monoisotopic (exact) mass is 618 g/mol. The van der Waals surface area contributed by atoms with E-state index in [0.29, 0.717) is 6.61 Å². The Hall–Kier alpha value is -1.33. The van der Waals surface area contributed by atoms with Gasteiger partial charge in [-0.3, -0.25) is 4.98 Å². The molecule has 1 unspecified atom stereocenters. The molecular formula is C39H75N3O2+2. The molecule has 0 spiro atoms. The maximum absolute atomic E-state index is 6.58. The molecule has 0 bridgehead atoms. The van der Waals surface area contributed by atoms with Crippen molar-refractivity contribution in [1.29, 1.82) is 0 Å². The van der Waals surface area contributed by atoms with Crippen molar-refractivity contribution in [3.63, 3.8) is 0 Å². The van der Waals surface area contributed by atoms with Gasteiger partial charge in [-0.05, 0) is 32.1 Å². The highest BCUT2D eigenvalue weighted by Gasteiger charge is 2.31. The average Bonchev–Trinajstić information content (AvgIpc) is 2.99. The summed E-state index contributed by atoms with van der Waals surface area (Å²) in [7, 11) is 9.42. The first kappa shape index (κ1) is 38.9. The van der Waals surface area contributed by atoms with E-state index in [1.165, 1.54) is 147 Å². The Balaban J connectivity index is 1.84. The molecule has 0 saturated heterocycles. The zero-order chi connectivity index (χ0) is 32.1. The van der Waals surface area contributed by atoms with Crippen molar-refractivity contribution >= 4 is 0 Å². The Morgan fingerprint density at radius 3 is 1.48 bits per heavy atom. The number of ether oxygens (including phenoxy) is 2. The summed E-state index contributed by atoms with van der Waals surface area (Å²) in [6, 6.07) is 0. The lowest BCUT2D eigenvalue weighted by Gasteiger charge is -2.34. The Labute approximate surface area is 274 Å². The summed E-state index contributed by atoms with van der Waals surface area (Å²) in [5, 5.41) is 0. The Bertz CT molecular complexity index is 869. The van der Waals surface area contributed by atoms with Crippen molar-refractivity contribution in [2.45, 2.75) is 175 Å². The van der Waals surface area contributed by atoms with Crippen molar-refractivity contribution in [1.82, 2.24) is 4.98 Å². The first-order valence-electron chi connectivity index (χ1n) is 19.2. The van der Waals surface area contributed by atoms with Crippen LogP contribution in [-0.4, -0.2) is 67.9 Å². The second-order valence-electron chi connectivity index (χ2n) is 15.3. The van der Waals surface area contributed by atoms with Crippen LogP contribution in [0.3, 0.4) is 0 Å². The summed E-state index contributed by atoms with van der Waals surface area (Å²) >= 11 is 0. The van der Waals surface area contributed by atoms with Crippen molar-refractivity contribution in [2.75, 3.05) is 47.9 Å². The molecule has 44 heavy (non-hydrogen) atoms. The topological polar surface area (TPSA) is 31.4 Å².